The second-order valence-electron chi connectivity index (χ2n) is 3.24. The average molecular weight is 399 g/mol. The summed E-state index contributed by atoms with van der Waals surface area (Å²) in [6.07, 6.45) is 0. The van der Waals surface area contributed by atoms with Crippen LogP contribution >= 0.6 is 38.5 Å². The molecule has 0 amide bonds. The summed E-state index contributed by atoms with van der Waals surface area (Å²) in [5.41, 5.74) is 1.18. The maximum absolute atomic E-state index is 11.1. The zero-order valence-corrected chi connectivity index (χ0v) is 12.2. The first-order chi connectivity index (χ1) is 7.29. The molecule has 2 N–H and O–H groups in total. The van der Waals surface area contributed by atoms with E-state index >= 15 is 0 Å². The van der Waals surface area contributed by atoms with Gasteiger partial charge in [0.15, 0.2) is 0 Å². The zero-order chi connectivity index (χ0) is 12.6. The lowest BCUT2D eigenvalue weighted by molar-refractivity contribution is 0.0678. The monoisotopic (exact) mass is 398 g/mol. The quantitative estimate of drug-likeness (QED) is 0.751. The van der Waals surface area contributed by atoms with Crippen LogP contribution < -0.4 is 0 Å². The van der Waals surface area contributed by atoms with E-state index in [1.165, 1.54) is 0 Å². The Balaban J connectivity index is 3.77. The first kappa shape index (κ1) is 13.4. The Hall–Kier alpha value is -0.630. The Bertz CT molecular complexity index is 422. The number of aromatic carboxylic acids is 2. The zero-order valence-electron chi connectivity index (χ0n) is 8.47. The van der Waals surface area contributed by atoms with Gasteiger partial charge in [-0.3, -0.25) is 0 Å². The molecular weight excluding hydrogens is 391 g/mol. The van der Waals surface area contributed by atoms with Gasteiger partial charge in [0.1, 0.15) is 0 Å². The molecule has 4 nitrogen and oxygen atoms in total. The molecule has 0 unspecified atom stereocenters. The highest BCUT2D eigenvalue weighted by molar-refractivity contribution is 14.1. The van der Waals surface area contributed by atoms with Gasteiger partial charge in [0.05, 0.1) is 11.1 Å². The molecule has 0 saturated carbocycles. The van der Waals surface area contributed by atoms with E-state index in [2.05, 4.69) is 15.9 Å². The predicted molar refractivity (Wildman–Crippen MR) is 70.3 cm³/mol. The Morgan fingerprint density at radius 2 is 1.50 bits per heavy atom. The third kappa shape index (κ3) is 2.08. The van der Waals surface area contributed by atoms with Gasteiger partial charge in [-0.15, -0.1) is 0 Å². The number of carboxylic acid groups (broad SMARTS) is 2. The molecule has 0 saturated heterocycles. The summed E-state index contributed by atoms with van der Waals surface area (Å²) in [5, 5.41) is 18.1. The van der Waals surface area contributed by atoms with Gasteiger partial charge >= 0.3 is 11.9 Å². The van der Waals surface area contributed by atoms with Crippen LogP contribution in [0.5, 0.6) is 0 Å². The van der Waals surface area contributed by atoms with Gasteiger partial charge in [-0.05, 0) is 63.5 Å². The Labute approximate surface area is 114 Å². The van der Waals surface area contributed by atoms with E-state index < -0.39 is 11.9 Å². The van der Waals surface area contributed by atoms with Crippen LogP contribution in [0.1, 0.15) is 31.8 Å². The van der Waals surface area contributed by atoms with Crippen LogP contribution in [-0.4, -0.2) is 22.2 Å². The summed E-state index contributed by atoms with van der Waals surface area (Å²) in [4.78, 5) is 22.1. The van der Waals surface area contributed by atoms with Crippen molar-refractivity contribution in [2.75, 3.05) is 0 Å². The first-order valence-corrected chi connectivity index (χ1v) is 6.11. The van der Waals surface area contributed by atoms with Crippen molar-refractivity contribution in [1.29, 1.82) is 0 Å². The number of rotatable bonds is 2. The molecule has 0 fully saturated rings. The molecule has 0 aliphatic heterocycles. The summed E-state index contributed by atoms with van der Waals surface area (Å²) >= 11 is 4.98. The summed E-state index contributed by atoms with van der Waals surface area (Å²) in [5.74, 6) is -2.12. The number of halogens is 2. The number of carbonyl (C=O) groups is 2. The Morgan fingerprint density at radius 3 is 1.88 bits per heavy atom. The van der Waals surface area contributed by atoms with Crippen molar-refractivity contribution in [2.45, 2.75) is 13.8 Å². The van der Waals surface area contributed by atoms with E-state index in [1.807, 2.05) is 22.6 Å². The summed E-state index contributed by atoms with van der Waals surface area (Å²) in [6.45, 7) is 3.19. The van der Waals surface area contributed by atoms with Crippen molar-refractivity contribution < 1.29 is 19.8 Å². The van der Waals surface area contributed by atoms with Crippen molar-refractivity contribution in [3.05, 3.63) is 30.3 Å². The molecule has 16 heavy (non-hydrogen) atoms. The lowest BCUT2D eigenvalue weighted by atomic mass is 9.99. The molecule has 0 atom stereocenters. The average Bonchev–Trinajstić information content (AvgIpc) is 2.14. The van der Waals surface area contributed by atoms with Crippen LogP contribution in [0.25, 0.3) is 0 Å². The minimum Gasteiger partial charge on any atom is -0.478 e. The van der Waals surface area contributed by atoms with Crippen LogP contribution in [0, 0.1) is 17.4 Å². The Morgan fingerprint density at radius 1 is 1.06 bits per heavy atom. The topological polar surface area (TPSA) is 74.6 Å². The molecule has 0 aliphatic carbocycles. The van der Waals surface area contributed by atoms with E-state index in [4.69, 9.17) is 10.2 Å². The number of hydrogen-bond donors (Lipinski definition) is 2. The smallest absolute Gasteiger partial charge is 0.337 e. The molecule has 0 radical (unpaired) electrons. The number of carboxylic acids is 2. The maximum Gasteiger partial charge on any atom is 0.337 e. The molecule has 0 aromatic heterocycles. The van der Waals surface area contributed by atoms with Crippen LogP contribution in [0.2, 0.25) is 0 Å². The summed E-state index contributed by atoms with van der Waals surface area (Å²) in [7, 11) is 0. The SMILES string of the molecule is Cc1c(Br)c(C(=O)O)c(I)c(C)c1C(=O)O. The van der Waals surface area contributed by atoms with Gasteiger partial charge in [-0.1, -0.05) is 0 Å². The highest BCUT2D eigenvalue weighted by Gasteiger charge is 2.23. The van der Waals surface area contributed by atoms with E-state index in [1.54, 1.807) is 13.8 Å². The van der Waals surface area contributed by atoms with Crippen LogP contribution in [0.4, 0.5) is 0 Å². The normalized spacial score (nSPS) is 10.2. The van der Waals surface area contributed by atoms with Crippen molar-refractivity contribution in [3.63, 3.8) is 0 Å². The summed E-state index contributed by atoms with van der Waals surface area (Å²) < 4.78 is 0.771. The minimum absolute atomic E-state index is 0.112. The maximum atomic E-state index is 11.1. The largest absolute Gasteiger partial charge is 0.478 e. The number of benzene rings is 1. The first-order valence-electron chi connectivity index (χ1n) is 4.23. The van der Waals surface area contributed by atoms with Gasteiger partial charge in [0.25, 0.3) is 0 Å². The fourth-order valence-electron chi connectivity index (χ4n) is 1.48. The van der Waals surface area contributed by atoms with Crippen molar-refractivity contribution >= 4 is 50.5 Å². The third-order valence-electron chi connectivity index (χ3n) is 2.28. The fourth-order valence-corrected chi connectivity index (χ4v) is 3.19. The molecule has 86 valence electrons. The standard InChI is InChI=1S/C10H8BrIO4/c1-3-5(9(13)14)4(2)8(12)6(7(3)11)10(15)16/h1-2H3,(H,13,14)(H,15,16). The van der Waals surface area contributed by atoms with Crippen LogP contribution in [0.15, 0.2) is 4.47 Å². The molecule has 0 heterocycles. The van der Waals surface area contributed by atoms with Gasteiger partial charge in [0.2, 0.25) is 0 Å². The second kappa shape index (κ2) is 4.70. The van der Waals surface area contributed by atoms with E-state index in [9.17, 15) is 9.59 Å². The summed E-state index contributed by atoms with van der Waals surface area (Å²) in [6, 6.07) is 0. The molecule has 0 aliphatic rings. The van der Waals surface area contributed by atoms with Gasteiger partial charge in [0, 0.05) is 8.04 Å². The molecule has 1 aromatic carbocycles. The molecule has 0 spiro atoms. The van der Waals surface area contributed by atoms with E-state index in [0.717, 1.165) is 0 Å². The minimum atomic E-state index is -1.07. The van der Waals surface area contributed by atoms with Crippen molar-refractivity contribution in [3.8, 4) is 0 Å². The highest BCUT2D eigenvalue weighted by Crippen LogP contribution is 2.32. The molecule has 6 heteroatoms. The van der Waals surface area contributed by atoms with Crippen LogP contribution in [-0.2, 0) is 0 Å². The molecule has 0 bridgehead atoms. The molecular formula is C10H8BrIO4. The second-order valence-corrected chi connectivity index (χ2v) is 5.11. The van der Waals surface area contributed by atoms with Gasteiger partial charge < -0.3 is 10.2 Å². The third-order valence-corrected chi connectivity index (χ3v) is 4.61. The Kier molecular flexibility index (Phi) is 3.95. The lowest BCUT2D eigenvalue weighted by Gasteiger charge is -2.13. The van der Waals surface area contributed by atoms with E-state index in [0.29, 0.717) is 19.2 Å². The van der Waals surface area contributed by atoms with E-state index in [-0.39, 0.29) is 11.1 Å². The van der Waals surface area contributed by atoms with Crippen LogP contribution in [0.3, 0.4) is 0 Å². The fraction of sp³-hybridized carbons (Fsp3) is 0.200. The number of hydrogen-bond acceptors (Lipinski definition) is 2. The molecule has 1 aromatic rings. The van der Waals surface area contributed by atoms with Gasteiger partial charge in [-0.25, -0.2) is 9.59 Å². The highest BCUT2D eigenvalue weighted by atomic mass is 127. The van der Waals surface area contributed by atoms with Crippen molar-refractivity contribution in [2.24, 2.45) is 0 Å². The lowest BCUT2D eigenvalue weighted by Crippen LogP contribution is -2.11. The van der Waals surface area contributed by atoms with Crippen molar-refractivity contribution in [1.82, 2.24) is 0 Å². The predicted octanol–water partition coefficient (Wildman–Crippen LogP) is 3.07. The van der Waals surface area contributed by atoms with Gasteiger partial charge in [-0.2, -0.15) is 0 Å². The molecule has 1 rings (SSSR count).